The van der Waals surface area contributed by atoms with Crippen LogP contribution in [0, 0.1) is 5.82 Å². The molecule has 1 atom stereocenters. The molecular weight excluding hydrogens is 351 g/mol. The lowest BCUT2D eigenvalue weighted by atomic mass is 10.2. The van der Waals surface area contributed by atoms with Crippen molar-refractivity contribution in [3.63, 3.8) is 0 Å². The summed E-state index contributed by atoms with van der Waals surface area (Å²) in [7, 11) is 1.61. The Kier molecular flexibility index (Phi) is 7.05. The first-order chi connectivity index (χ1) is 12.9. The Morgan fingerprint density at radius 3 is 2.37 bits per heavy atom. The Hall–Kier alpha value is -3.22. The smallest absolute Gasteiger partial charge is 0.326 e. The molecule has 0 saturated carbocycles. The SMILES string of the molecule is C[C@H](OC(=O)CNC(=O)c1ccccc1F)C(=O)N(C)Cc1ccccc1. The van der Waals surface area contributed by atoms with E-state index in [0.29, 0.717) is 6.54 Å². The van der Waals surface area contributed by atoms with Crippen molar-refractivity contribution < 1.29 is 23.5 Å². The average Bonchev–Trinajstić information content (AvgIpc) is 2.66. The highest BCUT2D eigenvalue weighted by molar-refractivity contribution is 5.96. The Bertz CT molecular complexity index is 811. The highest BCUT2D eigenvalue weighted by atomic mass is 19.1. The fourth-order valence-corrected chi connectivity index (χ4v) is 2.43. The molecule has 2 aromatic carbocycles. The van der Waals surface area contributed by atoms with Gasteiger partial charge in [-0.3, -0.25) is 14.4 Å². The number of likely N-dealkylation sites (N-methyl/N-ethyl adjacent to an activating group) is 1. The highest BCUT2D eigenvalue weighted by Gasteiger charge is 2.22. The number of nitrogens with one attached hydrogen (secondary N) is 1. The quantitative estimate of drug-likeness (QED) is 0.756. The maximum absolute atomic E-state index is 13.5. The average molecular weight is 372 g/mol. The van der Waals surface area contributed by atoms with Crippen LogP contribution in [0.15, 0.2) is 54.6 Å². The molecule has 6 nitrogen and oxygen atoms in total. The zero-order valence-corrected chi connectivity index (χ0v) is 15.1. The van der Waals surface area contributed by atoms with Crippen LogP contribution < -0.4 is 5.32 Å². The van der Waals surface area contributed by atoms with Crippen molar-refractivity contribution in [2.75, 3.05) is 13.6 Å². The molecule has 0 aromatic heterocycles. The largest absolute Gasteiger partial charge is 0.451 e. The topological polar surface area (TPSA) is 75.7 Å². The number of carbonyl (C=O) groups excluding carboxylic acids is 3. The van der Waals surface area contributed by atoms with E-state index in [2.05, 4.69) is 5.32 Å². The van der Waals surface area contributed by atoms with Crippen LogP contribution in [0.5, 0.6) is 0 Å². The van der Waals surface area contributed by atoms with Gasteiger partial charge in [0.2, 0.25) is 0 Å². The summed E-state index contributed by atoms with van der Waals surface area (Å²) >= 11 is 0. The van der Waals surface area contributed by atoms with Gasteiger partial charge in [0.05, 0.1) is 5.56 Å². The van der Waals surface area contributed by atoms with Crippen LogP contribution in [0.25, 0.3) is 0 Å². The molecule has 7 heteroatoms. The number of hydrogen-bond donors (Lipinski definition) is 1. The van der Waals surface area contributed by atoms with E-state index in [9.17, 15) is 18.8 Å². The van der Waals surface area contributed by atoms with Crippen molar-refractivity contribution in [2.45, 2.75) is 19.6 Å². The van der Waals surface area contributed by atoms with Gasteiger partial charge in [-0.25, -0.2) is 4.39 Å². The number of hydrogen-bond acceptors (Lipinski definition) is 4. The number of nitrogens with zero attached hydrogens (tertiary/aromatic N) is 1. The van der Waals surface area contributed by atoms with Crippen molar-refractivity contribution in [1.29, 1.82) is 0 Å². The monoisotopic (exact) mass is 372 g/mol. The van der Waals surface area contributed by atoms with Gasteiger partial charge in [0.15, 0.2) is 6.10 Å². The first-order valence-electron chi connectivity index (χ1n) is 8.39. The van der Waals surface area contributed by atoms with Crippen LogP contribution in [0.4, 0.5) is 4.39 Å². The molecule has 0 unspecified atom stereocenters. The van der Waals surface area contributed by atoms with E-state index in [1.54, 1.807) is 7.05 Å². The lowest BCUT2D eigenvalue weighted by Crippen LogP contribution is -2.39. The number of halogens is 1. The van der Waals surface area contributed by atoms with Gasteiger partial charge in [-0.05, 0) is 24.6 Å². The fourth-order valence-electron chi connectivity index (χ4n) is 2.43. The lowest BCUT2D eigenvalue weighted by molar-refractivity contribution is -0.157. The molecule has 2 rings (SSSR count). The first kappa shape index (κ1) is 20.1. The van der Waals surface area contributed by atoms with Gasteiger partial charge in [-0.15, -0.1) is 0 Å². The zero-order chi connectivity index (χ0) is 19.8. The molecule has 27 heavy (non-hydrogen) atoms. The maximum atomic E-state index is 13.5. The molecule has 2 aromatic rings. The van der Waals surface area contributed by atoms with E-state index in [4.69, 9.17) is 4.74 Å². The van der Waals surface area contributed by atoms with Gasteiger partial charge < -0.3 is 15.0 Å². The lowest BCUT2D eigenvalue weighted by Gasteiger charge is -2.21. The van der Waals surface area contributed by atoms with E-state index in [1.165, 1.54) is 30.0 Å². The van der Waals surface area contributed by atoms with E-state index in [-0.39, 0.29) is 11.5 Å². The molecule has 0 aliphatic carbocycles. The molecule has 2 amide bonds. The standard InChI is InChI=1S/C20H21FN2O4/c1-14(20(26)23(2)13-15-8-4-3-5-9-15)27-18(24)12-22-19(25)16-10-6-7-11-17(16)21/h3-11,14H,12-13H2,1-2H3,(H,22,25)/t14-/m0/s1. The first-order valence-corrected chi connectivity index (χ1v) is 8.39. The Morgan fingerprint density at radius 2 is 1.70 bits per heavy atom. The van der Waals surface area contributed by atoms with Gasteiger partial charge in [0, 0.05) is 13.6 Å². The van der Waals surface area contributed by atoms with Crippen molar-refractivity contribution >= 4 is 17.8 Å². The van der Waals surface area contributed by atoms with E-state index in [1.807, 2.05) is 30.3 Å². The summed E-state index contributed by atoms with van der Waals surface area (Å²) in [4.78, 5) is 37.5. The maximum Gasteiger partial charge on any atom is 0.326 e. The molecule has 1 N–H and O–H groups in total. The summed E-state index contributed by atoms with van der Waals surface area (Å²) in [6.07, 6.45) is -1.00. The number of carbonyl (C=O) groups is 3. The molecule has 0 aliphatic heterocycles. The number of ether oxygens (including phenoxy) is 1. The predicted molar refractivity (Wildman–Crippen MR) is 97.2 cm³/mol. The summed E-state index contributed by atoms with van der Waals surface area (Å²) in [5, 5.41) is 2.27. The van der Waals surface area contributed by atoms with Crippen LogP contribution in [-0.4, -0.2) is 42.4 Å². The van der Waals surface area contributed by atoms with Gasteiger partial charge in [-0.1, -0.05) is 42.5 Å². The predicted octanol–water partition coefficient (Wildman–Crippen LogP) is 2.15. The Balaban J connectivity index is 1.81. The molecule has 0 saturated heterocycles. The summed E-state index contributed by atoms with van der Waals surface area (Å²) in [6.45, 7) is 1.37. The third-order valence-electron chi connectivity index (χ3n) is 3.81. The minimum absolute atomic E-state index is 0.169. The van der Waals surface area contributed by atoms with Gasteiger partial charge in [-0.2, -0.15) is 0 Å². The second-order valence-corrected chi connectivity index (χ2v) is 5.97. The van der Waals surface area contributed by atoms with Crippen LogP contribution in [0.2, 0.25) is 0 Å². The molecule has 142 valence electrons. The molecule has 0 radical (unpaired) electrons. The summed E-state index contributed by atoms with van der Waals surface area (Å²) < 4.78 is 18.6. The van der Waals surface area contributed by atoms with Gasteiger partial charge in [0.1, 0.15) is 12.4 Å². The minimum Gasteiger partial charge on any atom is -0.451 e. The summed E-state index contributed by atoms with van der Waals surface area (Å²) in [5.41, 5.74) is 0.779. The number of amides is 2. The van der Waals surface area contributed by atoms with Gasteiger partial charge >= 0.3 is 5.97 Å². The van der Waals surface area contributed by atoms with Gasteiger partial charge in [0.25, 0.3) is 11.8 Å². The third kappa shape index (κ3) is 5.91. The van der Waals surface area contributed by atoms with Crippen molar-refractivity contribution in [3.8, 4) is 0 Å². The number of rotatable bonds is 7. The molecule has 0 heterocycles. The van der Waals surface area contributed by atoms with Crippen LogP contribution in [-0.2, 0) is 20.9 Å². The summed E-state index contributed by atoms with van der Waals surface area (Å²) in [5.74, 6) is -2.57. The fraction of sp³-hybridized carbons (Fsp3) is 0.250. The second-order valence-electron chi connectivity index (χ2n) is 5.97. The second kappa shape index (κ2) is 9.47. The van der Waals surface area contributed by atoms with E-state index >= 15 is 0 Å². The normalized spacial score (nSPS) is 11.4. The molecular formula is C20H21FN2O4. The third-order valence-corrected chi connectivity index (χ3v) is 3.81. The van der Waals surface area contributed by atoms with Crippen molar-refractivity contribution in [3.05, 3.63) is 71.5 Å². The van der Waals surface area contributed by atoms with Crippen molar-refractivity contribution in [2.24, 2.45) is 0 Å². The number of esters is 1. The Labute approximate surface area is 156 Å². The van der Waals surface area contributed by atoms with Crippen LogP contribution in [0.1, 0.15) is 22.8 Å². The Morgan fingerprint density at radius 1 is 1.07 bits per heavy atom. The summed E-state index contributed by atoms with van der Waals surface area (Å²) in [6, 6.07) is 14.8. The van der Waals surface area contributed by atoms with E-state index < -0.39 is 30.3 Å². The highest BCUT2D eigenvalue weighted by Crippen LogP contribution is 2.07. The molecule has 0 aliphatic rings. The minimum atomic E-state index is -1.00. The molecule has 0 bridgehead atoms. The van der Waals surface area contributed by atoms with Crippen LogP contribution >= 0.6 is 0 Å². The van der Waals surface area contributed by atoms with Crippen molar-refractivity contribution in [1.82, 2.24) is 10.2 Å². The van der Waals surface area contributed by atoms with E-state index in [0.717, 1.165) is 11.6 Å². The molecule has 0 fully saturated rings. The zero-order valence-electron chi connectivity index (χ0n) is 15.1. The van der Waals surface area contributed by atoms with Crippen LogP contribution in [0.3, 0.4) is 0 Å². The number of benzene rings is 2. The molecule has 0 spiro atoms.